The number of hydrogen-bond acceptors (Lipinski definition) is 5. The van der Waals surface area contributed by atoms with Gasteiger partial charge in [-0.3, -0.25) is 9.52 Å². The van der Waals surface area contributed by atoms with Crippen molar-refractivity contribution in [1.29, 1.82) is 0 Å². The van der Waals surface area contributed by atoms with Gasteiger partial charge in [0.1, 0.15) is 24.7 Å². The number of carboxylic acids is 1. The number of carbonyl (C=O) groups is 1. The minimum absolute atomic E-state index is 0.0389. The van der Waals surface area contributed by atoms with Crippen LogP contribution < -0.4 is 14.2 Å². The molecule has 3 rings (SSSR count). The van der Waals surface area contributed by atoms with E-state index in [0.29, 0.717) is 23.6 Å². The molecule has 0 amide bonds. The summed E-state index contributed by atoms with van der Waals surface area (Å²) in [5.74, 6) is 0.366. The zero-order valence-electron chi connectivity index (χ0n) is 19.8. The van der Waals surface area contributed by atoms with Crippen molar-refractivity contribution in [2.24, 2.45) is 0 Å². The number of anilines is 1. The van der Waals surface area contributed by atoms with E-state index in [4.69, 9.17) is 14.6 Å². The predicted octanol–water partition coefficient (Wildman–Crippen LogP) is 5.31. The number of para-hydroxylation sites is 1. The van der Waals surface area contributed by atoms with E-state index >= 15 is 0 Å². The Labute approximate surface area is 206 Å². The number of sulfonamides is 1. The minimum Gasteiger partial charge on any atom is -0.490 e. The van der Waals surface area contributed by atoms with Gasteiger partial charge in [-0.05, 0) is 72.9 Å². The van der Waals surface area contributed by atoms with Crippen LogP contribution in [0.5, 0.6) is 11.5 Å². The lowest BCUT2D eigenvalue weighted by Crippen LogP contribution is -2.13. The van der Waals surface area contributed by atoms with Crippen molar-refractivity contribution in [3.63, 3.8) is 0 Å². The lowest BCUT2D eigenvalue weighted by molar-refractivity contribution is -0.136. The van der Waals surface area contributed by atoms with Crippen LogP contribution in [0.15, 0.2) is 77.7 Å². The molecule has 0 spiro atoms. The first-order valence-corrected chi connectivity index (χ1v) is 13.1. The van der Waals surface area contributed by atoms with Gasteiger partial charge in [-0.25, -0.2) is 8.42 Å². The molecular formula is C27H31NO6S. The molecule has 3 aromatic carbocycles. The standard InChI is InChI=1S/C27H31NO6S/c1-2-3-6-21-9-16-25(17-10-21)35(31,32)28-23-12-14-24(15-13-23)33-19-20-34-26-8-5-4-7-22(26)11-18-27(29)30/h4-5,7-10,12-17,28H,2-3,6,11,18-20H2,1H3,(H,29,30). The van der Waals surface area contributed by atoms with Crippen molar-refractivity contribution in [2.75, 3.05) is 17.9 Å². The minimum atomic E-state index is -3.68. The van der Waals surface area contributed by atoms with E-state index in [1.54, 1.807) is 42.5 Å². The Morgan fingerprint density at radius 3 is 2.26 bits per heavy atom. The van der Waals surface area contributed by atoms with Gasteiger partial charge in [0.05, 0.1) is 4.90 Å². The van der Waals surface area contributed by atoms with Crippen LogP contribution >= 0.6 is 0 Å². The van der Waals surface area contributed by atoms with Crippen molar-refractivity contribution < 1.29 is 27.8 Å². The maximum Gasteiger partial charge on any atom is 0.303 e. The van der Waals surface area contributed by atoms with E-state index in [9.17, 15) is 13.2 Å². The van der Waals surface area contributed by atoms with Crippen LogP contribution in [0.25, 0.3) is 0 Å². The Hall–Kier alpha value is -3.52. The van der Waals surface area contributed by atoms with Gasteiger partial charge in [0.25, 0.3) is 10.0 Å². The van der Waals surface area contributed by atoms with Crippen LogP contribution in [-0.4, -0.2) is 32.7 Å². The number of rotatable bonds is 14. The van der Waals surface area contributed by atoms with Crippen LogP contribution in [0.2, 0.25) is 0 Å². The van der Waals surface area contributed by atoms with Gasteiger partial charge in [-0.15, -0.1) is 0 Å². The van der Waals surface area contributed by atoms with Crippen LogP contribution in [0.3, 0.4) is 0 Å². The maximum absolute atomic E-state index is 12.7. The molecule has 35 heavy (non-hydrogen) atoms. The maximum atomic E-state index is 12.7. The Balaban J connectivity index is 1.48. The molecule has 7 nitrogen and oxygen atoms in total. The first-order chi connectivity index (χ1) is 16.9. The number of hydrogen-bond donors (Lipinski definition) is 2. The molecule has 0 aliphatic carbocycles. The summed E-state index contributed by atoms with van der Waals surface area (Å²) in [4.78, 5) is 11.0. The average molecular weight is 498 g/mol. The highest BCUT2D eigenvalue weighted by molar-refractivity contribution is 7.92. The normalized spacial score (nSPS) is 11.1. The Kier molecular flexibility index (Phi) is 9.55. The summed E-state index contributed by atoms with van der Waals surface area (Å²) < 4.78 is 39.4. The molecule has 0 fully saturated rings. The number of unbranched alkanes of at least 4 members (excludes halogenated alkanes) is 1. The quantitative estimate of drug-likeness (QED) is 0.293. The van der Waals surface area contributed by atoms with E-state index in [1.807, 2.05) is 30.3 Å². The van der Waals surface area contributed by atoms with Crippen molar-refractivity contribution in [3.8, 4) is 11.5 Å². The summed E-state index contributed by atoms with van der Waals surface area (Å²) in [7, 11) is -3.68. The fraction of sp³-hybridized carbons (Fsp3) is 0.296. The Bertz CT molecular complexity index is 1190. The number of aryl methyl sites for hydroxylation is 2. The zero-order chi connectivity index (χ0) is 25.1. The number of benzene rings is 3. The highest BCUT2D eigenvalue weighted by atomic mass is 32.2. The van der Waals surface area contributed by atoms with Crippen LogP contribution in [-0.2, 0) is 27.7 Å². The topological polar surface area (TPSA) is 102 Å². The van der Waals surface area contributed by atoms with Crippen molar-refractivity contribution in [3.05, 3.63) is 83.9 Å². The fourth-order valence-corrected chi connectivity index (χ4v) is 4.51. The van der Waals surface area contributed by atoms with Crippen molar-refractivity contribution in [2.45, 2.75) is 43.9 Å². The van der Waals surface area contributed by atoms with Gasteiger partial charge >= 0.3 is 5.97 Å². The van der Waals surface area contributed by atoms with Gasteiger partial charge < -0.3 is 14.6 Å². The van der Waals surface area contributed by atoms with Gasteiger partial charge in [0.15, 0.2) is 0 Å². The molecule has 0 bridgehead atoms. The van der Waals surface area contributed by atoms with E-state index in [2.05, 4.69) is 11.6 Å². The highest BCUT2D eigenvalue weighted by Gasteiger charge is 2.14. The monoisotopic (exact) mass is 497 g/mol. The first kappa shape index (κ1) is 26.1. The predicted molar refractivity (Wildman–Crippen MR) is 136 cm³/mol. The molecule has 0 atom stereocenters. The zero-order valence-corrected chi connectivity index (χ0v) is 20.6. The summed E-state index contributed by atoms with van der Waals surface area (Å²) in [6.07, 6.45) is 3.54. The van der Waals surface area contributed by atoms with Crippen molar-refractivity contribution in [1.82, 2.24) is 0 Å². The largest absolute Gasteiger partial charge is 0.490 e. The molecule has 186 valence electrons. The summed E-state index contributed by atoms with van der Waals surface area (Å²) in [6, 6.07) is 21.0. The molecule has 0 aliphatic rings. The second-order valence-electron chi connectivity index (χ2n) is 8.08. The second-order valence-corrected chi connectivity index (χ2v) is 9.76. The lowest BCUT2D eigenvalue weighted by atomic mass is 10.1. The molecule has 0 radical (unpaired) electrons. The summed E-state index contributed by atoms with van der Waals surface area (Å²) in [5.41, 5.74) is 2.40. The molecule has 0 saturated carbocycles. The van der Waals surface area contributed by atoms with E-state index in [-0.39, 0.29) is 24.5 Å². The number of aliphatic carboxylic acids is 1. The van der Waals surface area contributed by atoms with E-state index < -0.39 is 16.0 Å². The third-order valence-corrected chi connectivity index (χ3v) is 6.75. The first-order valence-electron chi connectivity index (χ1n) is 11.6. The van der Waals surface area contributed by atoms with Gasteiger partial charge in [-0.1, -0.05) is 43.7 Å². The smallest absolute Gasteiger partial charge is 0.303 e. The summed E-state index contributed by atoms with van der Waals surface area (Å²) >= 11 is 0. The van der Waals surface area contributed by atoms with Gasteiger partial charge in [0.2, 0.25) is 0 Å². The van der Waals surface area contributed by atoms with Crippen molar-refractivity contribution >= 4 is 21.7 Å². The Morgan fingerprint density at radius 1 is 0.886 bits per heavy atom. The number of ether oxygens (including phenoxy) is 2. The van der Waals surface area contributed by atoms with Crippen LogP contribution in [0.4, 0.5) is 5.69 Å². The highest BCUT2D eigenvalue weighted by Crippen LogP contribution is 2.22. The molecule has 0 aromatic heterocycles. The van der Waals surface area contributed by atoms with Gasteiger partial charge in [-0.2, -0.15) is 0 Å². The molecular weight excluding hydrogens is 466 g/mol. The third kappa shape index (κ3) is 8.33. The average Bonchev–Trinajstić information content (AvgIpc) is 2.85. The molecule has 2 N–H and O–H groups in total. The van der Waals surface area contributed by atoms with E-state index in [0.717, 1.165) is 30.4 Å². The van der Waals surface area contributed by atoms with E-state index in [1.165, 1.54) is 0 Å². The second kappa shape index (κ2) is 12.8. The van der Waals surface area contributed by atoms with Crippen LogP contribution in [0, 0.1) is 0 Å². The molecule has 0 unspecified atom stereocenters. The number of carboxylic acid groups (broad SMARTS) is 1. The molecule has 0 aliphatic heterocycles. The van der Waals surface area contributed by atoms with Crippen LogP contribution in [0.1, 0.15) is 37.3 Å². The SMILES string of the molecule is CCCCc1ccc(S(=O)(=O)Nc2ccc(OCCOc3ccccc3CCC(=O)O)cc2)cc1. The summed E-state index contributed by atoms with van der Waals surface area (Å²) in [6.45, 7) is 2.69. The van der Waals surface area contributed by atoms with Gasteiger partial charge in [0, 0.05) is 12.1 Å². The molecule has 3 aromatic rings. The summed E-state index contributed by atoms with van der Waals surface area (Å²) in [5, 5.41) is 8.88. The third-order valence-electron chi connectivity index (χ3n) is 5.35. The molecule has 8 heteroatoms. The lowest BCUT2D eigenvalue weighted by Gasteiger charge is -2.12. The Morgan fingerprint density at radius 2 is 1.57 bits per heavy atom. The fourth-order valence-electron chi connectivity index (χ4n) is 3.45. The molecule has 0 saturated heterocycles. The molecule has 0 heterocycles. The number of nitrogens with one attached hydrogen (secondary N) is 1.